The molecule has 5 nitrogen and oxygen atoms in total. The third-order valence-electron chi connectivity index (χ3n) is 3.45. The number of aryl methyl sites for hydroxylation is 1. The molecule has 2 aromatic rings. The van der Waals surface area contributed by atoms with Gasteiger partial charge in [0.05, 0.1) is 18.3 Å². The molecule has 0 unspecified atom stereocenters. The molecule has 1 aromatic carbocycles. The van der Waals surface area contributed by atoms with Crippen LogP contribution in [0.15, 0.2) is 36.7 Å². The van der Waals surface area contributed by atoms with Crippen LogP contribution in [0.4, 0.5) is 0 Å². The van der Waals surface area contributed by atoms with Crippen molar-refractivity contribution in [1.29, 1.82) is 0 Å². The number of carbonyl (C=O) groups is 1. The van der Waals surface area contributed by atoms with Crippen LogP contribution in [0.25, 0.3) is 0 Å². The van der Waals surface area contributed by atoms with Gasteiger partial charge in [0.2, 0.25) is 0 Å². The van der Waals surface area contributed by atoms with Gasteiger partial charge in [0.1, 0.15) is 12.4 Å². The molecule has 104 valence electrons. The van der Waals surface area contributed by atoms with Crippen LogP contribution in [0.3, 0.4) is 0 Å². The maximum Gasteiger partial charge on any atom is 0.257 e. The minimum atomic E-state index is 0.0435. The highest BCUT2D eigenvalue weighted by Crippen LogP contribution is 2.22. The smallest absolute Gasteiger partial charge is 0.257 e. The Kier molecular flexibility index (Phi) is 3.41. The van der Waals surface area contributed by atoms with Crippen LogP contribution in [-0.2, 0) is 13.5 Å². The molecule has 0 fully saturated rings. The Hall–Kier alpha value is -2.30. The molecule has 3 rings (SSSR count). The summed E-state index contributed by atoms with van der Waals surface area (Å²) >= 11 is 0. The second-order valence-corrected chi connectivity index (χ2v) is 4.91. The third-order valence-corrected chi connectivity index (χ3v) is 3.45. The SMILES string of the molecule is Cn1cc(CCN2CCOc3ccccc3C2=O)cn1. The Morgan fingerprint density at radius 1 is 1.35 bits per heavy atom. The maximum atomic E-state index is 12.5. The van der Waals surface area contributed by atoms with E-state index in [2.05, 4.69) is 5.10 Å². The highest BCUT2D eigenvalue weighted by Gasteiger charge is 2.22. The molecule has 1 aliphatic rings. The first kappa shape index (κ1) is 12.7. The van der Waals surface area contributed by atoms with E-state index in [0.717, 1.165) is 12.0 Å². The zero-order valence-corrected chi connectivity index (χ0v) is 11.5. The Morgan fingerprint density at radius 2 is 2.20 bits per heavy atom. The Bertz CT molecular complexity index is 621. The van der Waals surface area contributed by atoms with Crippen molar-refractivity contribution in [2.75, 3.05) is 19.7 Å². The molecule has 0 aliphatic carbocycles. The van der Waals surface area contributed by atoms with Gasteiger partial charge in [-0.2, -0.15) is 5.10 Å². The van der Waals surface area contributed by atoms with E-state index < -0.39 is 0 Å². The summed E-state index contributed by atoms with van der Waals surface area (Å²) in [5, 5.41) is 4.14. The lowest BCUT2D eigenvalue weighted by Crippen LogP contribution is -2.34. The summed E-state index contributed by atoms with van der Waals surface area (Å²) in [6.07, 6.45) is 4.63. The molecular formula is C15H17N3O2. The highest BCUT2D eigenvalue weighted by molar-refractivity contribution is 5.97. The van der Waals surface area contributed by atoms with E-state index in [4.69, 9.17) is 4.74 Å². The van der Waals surface area contributed by atoms with Crippen molar-refractivity contribution in [2.24, 2.45) is 7.05 Å². The van der Waals surface area contributed by atoms with Gasteiger partial charge in [0.25, 0.3) is 5.91 Å². The van der Waals surface area contributed by atoms with Crippen LogP contribution in [0.5, 0.6) is 5.75 Å². The van der Waals surface area contributed by atoms with Gasteiger partial charge in [-0.1, -0.05) is 12.1 Å². The van der Waals surface area contributed by atoms with Crippen molar-refractivity contribution in [1.82, 2.24) is 14.7 Å². The second-order valence-electron chi connectivity index (χ2n) is 4.91. The first-order valence-electron chi connectivity index (χ1n) is 6.72. The van der Waals surface area contributed by atoms with Gasteiger partial charge in [0.15, 0.2) is 0 Å². The zero-order chi connectivity index (χ0) is 13.9. The quantitative estimate of drug-likeness (QED) is 0.850. The Balaban J connectivity index is 1.72. The lowest BCUT2D eigenvalue weighted by molar-refractivity contribution is 0.0757. The lowest BCUT2D eigenvalue weighted by atomic mass is 10.1. The number of benzene rings is 1. The number of aromatic nitrogens is 2. The molecule has 2 heterocycles. The molecule has 1 aliphatic heterocycles. The van der Waals surface area contributed by atoms with Gasteiger partial charge < -0.3 is 9.64 Å². The van der Waals surface area contributed by atoms with E-state index in [1.54, 1.807) is 4.68 Å². The molecule has 1 amide bonds. The number of carbonyl (C=O) groups excluding carboxylic acids is 1. The fraction of sp³-hybridized carbons (Fsp3) is 0.333. The topological polar surface area (TPSA) is 47.4 Å². The highest BCUT2D eigenvalue weighted by atomic mass is 16.5. The fourth-order valence-corrected chi connectivity index (χ4v) is 2.39. The molecule has 1 aromatic heterocycles. The molecule has 0 saturated carbocycles. The number of hydrogen-bond acceptors (Lipinski definition) is 3. The van der Waals surface area contributed by atoms with Gasteiger partial charge in [0, 0.05) is 19.8 Å². The number of nitrogens with zero attached hydrogens (tertiary/aromatic N) is 3. The summed E-state index contributed by atoms with van der Waals surface area (Å²) in [5.41, 5.74) is 1.79. The van der Waals surface area contributed by atoms with Crippen LogP contribution in [0.1, 0.15) is 15.9 Å². The molecular weight excluding hydrogens is 254 g/mol. The molecule has 5 heteroatoms. The largest absolute Gasteiger partial charge is 0.491 e. The van der Waals surface area contributed by atoms with E-state index in [0.29, 0.717) is 31.0 Å². The number of hydrogen-bond donors (Lipinski definition) is 0. The van der Waals surface area contributed by atoms with Crippen molar-refractivity contribution >= 4 is 5.91 Å². The minimum absolute atomic E-state index is 0.0435. The number of amides is 1. The van der Waals surface area contributed by atoms with Crippen LogP contribution in [-0.4, -0.2) is 40.3 Å². The van der Waals surface area contributed by atoms with Crippen LogP contribution in [0.2, 0.25) is 0 Å². The molecule has 0 radical (unpaired) electrons. The molecule has 0 saturated heterocycles. The van der Waals surface area contributed by atoms with Crippen LogP contribution < -0.4 is 4.74 Å². The van der Waals surface area contributed by atoms with Gasteiger partial charge in [-0.3, -0.25) is 9.48 Å². The predicted octanol–water partition coefficient (Wildman–Crippen LogP) is 1.50. The number of fused-ring (bicyclic) bond motifs is 1. The first-order chi connectivity index (χ1) is 9.74. The number of rotatable bonds is 3. The van der Waals surface area contributed by atoms with Crippen molar-refractivity contribution in [3.8, 4) is 5.75 Å². The number of ether oxygens (including phenoxy) is 1. The summed E-state index contributed by atoms with van der Waals surface area (Å²) in [6.45, 7) is 1.84. The monoisotopic (exact) mass is 271 g/mol. The Morgan fingerprint density at radius 3 is 3.00 bits per heavy atom. The van der Waals surface area contributed by atoms with Gasteiger partial charge in [-0.15, -0.1) is 0 Å². The summed E-state index contributed by atoms with van der Waals surface area (Å²) in [5.74, 6) is 0.725. The van der Waals surface area contributed by atoms with E-state index in [1.807, 2.05) is 48.6 Å². The normalized spacial score (nSPS) is 14.7. The molecule has 0 atom stereocenters. The number of para-hydroxylation sites is 1. The van der Waals surface area contributed by atoms with Crippen molar-refractivity contribution in [3.63, 3.8) is 0 Å². The molecule has 0 spiro atoms. The van der Waals surface area contributed by atoms with E-state index in [-0.39, 0.29) is 5.91 Å². The summed E-state index contributed by atoms with van der Waals surface area (Å²) in [7, 11) is 1.89. The standard InChI is InChI=1S/C15H17N3O2/c1-17-11-12(10-16-17)6-7-18-8-9-20-14-5-3-2-4-13(14)15(18)19/h2-5,10-11H,6-9H2,1H3. The first-order valence-corrected chi connectivity index (χ1v) is 6.72. The summed E-state index contributed by atoms with van der Waals surface area (Å²) in [6, 6.07) is 7.42. The minimum Gasteiger partial charge on any atom is -0.491 e. The predicted molar refractivity (Wildman–Crippen MR) is 74.8 cm³/mol. The summed E-state index contributed by atoms with van der Waals surface area (Å²) in [4.78, 5) is 14.3. The van der Waals surface area contributed by atoms with E-state index >= 15 is 0 Å². The van der Waals surface area contributed by atoms with Crippen LogP contribution >= 0.6 is 0 Å². The van der Waals surface area contributed by atoms with E-state index in [1.165, 1.54) is 0 Å². The average Bonchev–Trinajstić information content (AvgIpc) is 2.80. The lowest BCUT2D eigenvalue weighted by Gasteiger charge is -2.19. The summed E-state index contributed by atoms with van der Waals surface area (Å²) < 4.78 is 7.40. The van der Waals surface area contributed by atoms with Gasteiger partial charge in [-0.25, -0.2) is 0 Å². The Labute approximate surface area is 117 Å². The average molecular weight is 271 g/mol. The van der Waals surface area contributed by atoms with Gasteiger partial charge >= 0.3 is 0 Å². The molecule has 20 heavy (non-hydrogen) atoms. The van der Waals surface area contributed by atoms with E-state index in [9.17, 15) is 4.79 Å². The van der Waals surface area contributed by atoms with Crippen molar-refractivity contribution < 1.29 is 9.53 Å². The third kappa shape index (κ3) is 2.52. The zero-order valence-electron chi connectivity index (χ0n) is 11.5. The molecule has 0 bridgehead atoms. The fourth-order valence-electron chi connectivity index (χ4n) is 2.39. The second kappa shape index (κ2) is 5.36. The van der Waals surface area contributed by atoms with Crippen molar-refractivity contribution in [3.05, 3.63) is 47.8 Å². The van der Waals surface area contributed by atoms with Gasteiger partial charge in [-0.05, 0) is 24.1 Å². The van der Waals surface area contributed by atoms with Crippen LogP contribution in [0, 0.1) is 0 Å². The van der Waals surface area contributed by atoms with Crippen molar-refractivity contribution in [2.45, 2.75) is 6.42 Å². The molecule has 0 N–H and O–H groups in total. The maximum absolute atomic E-state index is 12.5.